The van der Waals surface area contributed by atoms with E-state index in [1.54, 1.807) is 7.11 Å². The summed E-state index contributed by atoms with van der Waals surface area (Å²) in [5.74, 6) is 0. The van der Waals surface area contributed by atoms with E-state index in [9.17, 15) is 0 Å². The van der Waals surface area contributed by atoms with E-state index < -0.39 is 8.32 Å². The number of hydrogen-bond acceptors (Lipinski definition) is 4. The molecule has 1 heterocycles. The van der Waals surface area contributed by atoms with E-state index in [2.05, 4.69) is 70.2 Å². The van der Waals surface area contributed by atoms with E-state index in [4.69, 9.17) is 14.2 Å². The zero-order valence-corrected chi connectivity index (χ0v) is 22.0. The summed E-state index contributed by atoms with van der Waals surface area (Å²) in [6, 6.07) is 20.6. The summed E-state index contributed by atoms with van der Waals surface area (Å²) in [4.78, 5) is 5.06. The molecule has 0 saturated carbocycles. The molecule has 0 amide bonds. The van der Waals surface area contributed by atoms with Crippen LogP contribution in [-0.2, 0) is 15.7 Å². The standard InChI is InChI=1S/C27H37N3O2Si/c1-21-25(29-26(22-14-10-8-11-15-22)23-16-12-9-13-17-23)18-28-30(21)19-24(20-31-5)32-33(6,7)27(2,3)4/h8-18,24H,19-20H2,1-7H3. The molecule has 0 spiro atoms. The van der Waals surface area contributed by atoms with Crippen molar-refractivity contribution in [1.29, 1.82) is 0 Å². The number of ether oxygens (including phenoxy) is 1. The summed E-state index contributed by atoms with van der Waals surface area (Å²) in [5, 5.41) is 4.79. The fraction of sp³-hybridized carbons (Fsp3) is 0.407. The lowest BCUT2D eigenvalue weighted by atomic mass is 10.0. The van der Waals surface area contributed by atoms with Crippen LogP contribution in [0.2, 0.25) is 18.1 Å². The molecular formula is C27H37N3O2Si. The Kier molecular flexibility index (Phi) is 8.05. The lowest BCUT2D eigenvalue weighted by Gasteiger charge is -2.39. The van der Waals surface area contributed by atoms with Gasteiger partial charge in [0.2, 0.25) is 0 Å². The van der Waals surface area contributed by atoms with Crippen molar-refractivity contribution in [3.05, 3.63) is 83.7 Å². The van der Waals surface area contributed by atoms with Crippen molar-refractivity contribution < 1.29 is 9.16 Å². The van der Waals surface area contributed by atoms with Crippen LogP contribution in [0.1, 0.15) is 37.6 Å². The Morgan fingerprint density at radius 1 is 1.00 bits per heavy atom. The summed E-state index contributed by atoms with van der Waals surface area (Å²) in [7, 11) is -0.211. The van der Waals surface area contributed by atoms with Gasteiger partial charge in [0.15, 0.2) is 8.32 Å². The Labute approximate surface area is 199 Å². The van der Waals surface area contributed by atoms with Gasteiger partial charge in [0.1, 0.15) is 5.69 Å². The summed E-state index contributed by atoms with van der Waals surface area (Å²) in [6.07, 6.45) is 1.78. The van der Waals surface area contributed by atoms with Gasteiger partial charge in [0.05, 0.1) is 36.9 Å². The highest BCUT2D eigenvalue weighted by Gasteiger charge is 2.39. The minimum Gasteiger partial charge on any atom is -0.410 e. The molecule has 3 aromatic rings. The van der Waals surface area contributed by atoms with E-state index in [0.29, 0.717) is 13.2 Å². The number of rotatable bonds is 9. The minimum absolute atomic E-state index is 0.0611. The number of benzene rings is 2. The van der Waals surface area contributed by atoms with Gasteiger partial charge in [-0.05, 0) is 25.1 Å². The van der Waals surface area contributed by atoms with Gasteiger partial charge in [-0.25, -0.2) is 4.99 Å². The Balaban J connectivity index is 1.91. The molecule has 33 heavy (non-hydrogen) atoms. The van der Waals surface area contributed by atoms with Gasteiger partial charge < -0.3 is 9.16 Å². The maximum atomic E-state index is 6.65. The van der Waals surface area contributed by atoms with Gasteiger partial charge in [-0.15, -0.1) is 0 Å². The van der Waals surface area contributed by atoms with Gasteiger partial charge in [-0.3, -0.25) is 4.68 Å². The first-order chi connectivity index (χ1) is 15.6. The Bertz CT molecular complexity index is 1010. The molecule has 1 aromatic heterocycles. The number of methoxy groups -OCH3 is 1. The maximum absolute atomic E-state index is 6.65. The molecule has 0 bridgehead atoms. The highest BCUT2D eigenvalue weighted by atomic mass is 28.4. The average molecular weight is 464 g/mol. The number of aromatic nitrogens is 2. The van der Waals surface area contributed by atoms with Crippen molar-refractivity contribution in [3.8, 4) is 0 Å². The van der Waals surface area contributed by atoms with Crippen LogP contribution in [0.3, 0.4) is 0 Å². The lowest BCUT2D eigenvalue weighted by molar-refractivity contribution is 0.0582. The fourth-order valence-corrected chi connectivity index (χ4v) is 4.76. The van der Waals surface area contributed by atoms with E-state index in [-0.39, 0.29) is 11.1 Å². The van der Waals surface area contributed by atoms with Gasteiger partial charge in [0, 0.05) is 18.2 Å². The normalized spacial score (nSPS) is 13.1. The van der Waals surface area contributed by atoms with Crippen LogP contribution in [0.25, 0.3) is 0 Å². The molecule has 0 fully saturated rings. The molecular weight excluding hydrogens is 426 g/mol. The van der Waals surface area contributed by atoms with Crippen molar-refractivity contribution in [2.75, 3.05) is 13.7 Å². The molecule has 1 atom stereocenters. The third kappa shape index (κ3) is 6.28. The van der Waals surface area contributed by atoms with Crippen LogP contribution < -0.4 is 0 Å². The largest absolute Gasteiger partial charge is 0.410 e. The van der Waals surface area contributed by atoms with Crippen LogP contribution in [0, 0.1) is 6.92 Å². The van der Waals surface area contributed by atoms with Crippen molar-refractivity contribution in [2.45, 2.75) is 58.5 Å². The molecule has 0 saturated heterocycles. The summed E-state index contributed by atoms with van der Waals surface area (Å²) in [5.41, 5.74) is 4.97. The van der Waals surface area contributed by atoms with Gasteiger partial charge in [0.25, 0.3) is 0 Å². The van der Waals surface area contributed by atoms with Gasteiger partial charge in [-0.2, -0.15) is 5.10 Å². The van der Waals surface area contributed by atoms with Crippen molar-refractivity contribution in [2.24, 2.45) is 4.99 Å². The van der Waals surface area contributed by atoms with Crippen LogP contribution >= 0.6 is 0 Å². The number of hydrogen-bond donors (Lipinski definition) is 0. The minimum atomic E-state index is -1.93. The zero-order valence-electron chi connectivity index (χ0n) is 21.0. The quantitative estimate of drug-likeness (QED) is 0.273. The summed E-state index contributed by atoms with van der Waals surface area (Å²) >= 11 is 0. The summed E-state index contributed by atoms with van der Waals surface area (Å²) in [6.45, 7) is 14.5. The molecule has 0 N–H and O–H groups in total. The highest BCUT2D eigenvalue weighted by Crippen LogP contribution is 2.37. The van der Waals surface area contributed by atoms with Crippen LogP contribution in [0.5, 0.6) is 0 Å². The molecule has 5 nitrogen and oxygen atoms in total. The Morgan fingerprint density at radius 3 is 2.03 bits per heavy atom. The molecule has 0 aliphatic heterocycles. The van der Waals surface area contributed by atoms with E-state index in [1.807, 2.05) is 47.3 Å². The third-order valence-corrected chi connectivity index (χ3v) is 10.9. The van der Waals surface area contributed by atoms with Gasteiger partial charge in [-0.1, -0.05) is 81.4 Å². The first-order valence-corrected chi connectivity index (χ1v) is 14.4. The predicted octanol–water partition coefficient (Wildman–Crippen LogP) is 6.40. The van der Waals surface area contributed by atoms with Crippen LogP contribution in [0.15, 0.2) is 71.9 Å². The molecule has 2 aromatic carbocycles. The maximum Gasteiger partial charge on any atom is 0.192 e. The predicted molar refractivity (Wildman–Crippen MR) is 139 cm³/mol. The van der Waals surface area contributed by atoms with Crippen molar-refractivity contribution >= 4 is 19.7 Å². The monoisotopic (exact) mass is 463 g/mol. The molecule has 1 unspecified atom stereocenters. The molecule has 0 aliphatic carbocycles. The first-order valence-electron chi connectivity index (χ1n) is 11.5. The van der Waals surface area contributed by atoms with Gasteiger partial charge >= 0.3 is 0 Å². The van der Waals surface area contributed by atoms with E-state index >= 15 is 0 Å². The van der Waals surface area contributed by atoms with Crippen molar-refractivity contribution in [1.82, 2.24) is 9.78 Å². The molecule has 3 rings (SSSR count). The average Bonchev–Trinajstić information content (AvgIpc) is 3.11. The topological polar surface area (TPSA) is 48.6 Å². The fourth-order valence-electron chi connectivity index (χ4n) is 3.43. The SMILES string of the molecule is COCC(Cn1ncc(N=C(c2ccccc2)c2ccccc2)c1C)O[Si](C)(C)C(C)(C)C. The first kappa shape index (κ1) is 25.1. The van der Waals surface area contributed by atoms with E-state index in [0.717, 1.165) is 28.2 Å². The van der Waals surface area contributed by atoms with Crippen LogP contribution in [0.4, 0.5) is 5.69 Å². The second-order valence-corrected chi connectivity index (χ2v) is 14.7. The Morgan fingerprint density at radius 2 is 1.55 bits per heavy atom. The second-order valence-electron chi connectivity index (χ2n) is 9.95. The molecule has 176 valence electrons. The molecule has 0 aliphatic rings. The third-order valence-electron chi connectivity index (χ3n) is 6.40. The van der Waals surface area contributed by atoms with E-state index in [1.165, 1.54) is 0 Å². The van der Waals surface area contributed by atoms with Crippen molar-refractivity contribution in [3.63, 3.8) is 0 Å². The Hall–Kier alpha value is -2.54. The smallest absolute Gasteiger partial charge is 0.192 e. The molecule has 0 radical (unpaired) electrons. The second kappa shape index (κ2) is 10.6. The lowest BCUT2D eigenvalue weighted by Crippen LogP contribution is -2.46. The van der Waals surface area contributed by atoms with Crippen LogP contribution in [-0.4, -0.2) is 43.6 Å². The highest BCUT2D eigenvalue weighted by molar-refractivity contribution is 6.74. The summed E-state index contributed by atoms with van der Waals surface area (Å²) < 4.78 is 14.1. The number of aliphatic imine (C=N–C) groups is 1. The number of nitrogens with zero attached hydrogens (tertiary/aromatic N) is 3. The molecule has 6 heteroatoms. The zero-order chi connectivity index (χ0) is 24.1.